The van der Waals surface area contributed by atoms with E-state index in [1.165, 1.54) is 12.1 Å². The number of nitrogens with one attached hydrogen (secondary N) is 1. The minimum atomic E-state index is -3.68. The number of sulfonamides is 1. The Morgan fingerprint density at radius 3 is 2.47 bits per heavy atom. The Labute approximate surface area is 201 Å². The van der Waals surface area contributed by atoms with E-state index in [9.17, 15) is 8.42 Å². The van der Waals surface area contributed by atoms with Gasteiger partial charge in [0.1, 0.15) is 6.61 Å². The van der Waals surface area contributed by atoms with Gasteiger partial charge in [-0.05, 0) is 60.5 Å². The molecule has 0 aliphatic heterocycles. The van der Waals surface area contributed by atoms with Gasteiger partial charge in [-0.15, -0.1) is 0 Å². The van der Waals surface area contributed by atoms with Crippen LogP contribution in [-0.4, -0.2) is 22.1 Å². The number of nitrogens with two attached hydrogens (primary N) is 1. The molecule has 0 unspecified atom stereocenters. The number of methoxy groups -OCH3 is 1. The molecule has 0 atom stereocenters. The van der Waals surface area contributed by atoms with E-state index >= 15 is 0 Å². The van der Waals surface area contributed by atoms with E-state index in [4.69, 9.17) is 26.2 Å². The molecule has 170 valence electrons. The molecule has 32 heavy (non-hydrogen) atoms. The Balaban J connectivity index is 1.65. The van der Waals surface area contributed by atoms with E-state index in [1.807, 2.05) is 36.4 Å². The molecule has 0 aliphatic carbocycles. The summed E-state index contributed by atoms with van der Waals surface area (Å²) in [6.07, 6.45) is 0.727. The molecule has 0 amide bonds. The lowest BCUT2D eigenvalue weighted by atomic mass is 10.1. The molecule has 0 spiro atoms. The Hall–Kier alpha value is -2.10. The highest BCUT2D eigenvalue weighted by molar-refractivity contribution is 9.10. The van der Waals surface area contributed by atoms with Crippen LogP contribution in [0.1, 0.15) is 16.7 Å². The van der Waals surface area contributed by atoms with Crippen LogP contribution in [0.25, 0.3) is 0 Å². The summed E-state index contributed by atoms with van der Waals surface area (Å²) in [6, 6.07) is 17.9. The first-order valence-corrected chi connectivity index (χ1v) is 12.5. The summed E-state index contributed by atoms with van der Waals surface area (Å²) in [7, 11) is -2.07. The highest BCUT2D eigenvalue weighted by Crippen LogP contribution is 2.37. The summed E-state index contributed by atoms with van der Waals surface area (Å²) in [5, 5.41) is 9.20. The molecular weight excluding hydrogens is 516 g/mol. The van der Waals surface area contributed by atoms with Gasteiger partial charge < -0.3 is 14.8 Å². The molecule has 3 rings (SSSR count). The lowest BCUT2D eigenvalue weighted by Crippen LogP contribution is -2.18. The number of hydrogen-bond donors (Lipinski definition) is 2. The maximum Gasteiger partial charge on any atom is 0.238 e. The first-order valence-electron chi connectivity index (χ1n) is 9.83. The van der Waals surface area contributed by atoms with E-state index in [1.54, 1.807) is 19.2 Å². The second-order valence-electron chi connectivity index (χ2n) is 7.09. The highest BCUT2D eigenvalue weighted by Gasteiger charge is 2.15. The molecule has 0 fully saturated rings. The van der Waals surface area contributed by atoms with Crippen LogP contribution in [0.15, 0.2) is 70.0 Å². The van der Waals surface area contributed by atoms with Crippen LogP contribution in [0.2, 0.25) is 5.02 Å². The van der Waals surface area contributed by atoms with Crippen molar-refractivity contribution >= 4 is 37.6 Å². The van der Waals surface area contributed by atoms with E-state index in [-0.39, 0.29) is 4.90 Å². The number of hydrogen-bond acceptors (Lipinski definition) is 5. The molecule has 0 bridgehead atoms. The molecule has 0 saturated heterocycles. The monoisotopic (exact) mass is 538 g/mol. The minimum Gasteiger partial charge on any atom is -0.493 e. The Bertz CT molecular complexity index is 1170. The van der Waals surface area contributed by atoms with Crippen LogP contribution in [0.3, 0.4) is 0 Å². The van der Waals surface area contributed by atoms with Crippen LogP contribution >= 0.6 is 27.5 Å². The van der Waals surface area contributed by atoms with Crippen LogP contribution in [0.5, 0.6) is 11.5 Å². The number of rotatable bonds is 10. The van der Waals surface area contributed by atoms with E-state index < -0.39 is 10.0 Å². The molecular formula is C23H24BrClN2O4S. The second-order valence-corrected chi connectivity index (χ2v) is 9.94. The Morgan fingerprint density at radius 1 is 1.06 bits per heavy atom. The predicted octanol–water partition coefficient (Wildman–Crippen LogP) is 4.67. The fourth-order valence-electron chi connectivity index (χ4n) is 3.14. The van der Waals surface area contributed by atoms with Crippen molar-refractivity contribution in [1.29, 1.82) is 0 Å². The fraction of sp³-hybridized carbons (Fsp3) is 0.217. The lowest BCUT2D eigenvalue weighted by Gasteiger charge is -2.17. The largest absolute Gasteiger partial charge is 0.493 e. The quantitative estimate of drug-likeness (QED) is 0.366. The van der Waals surface area contributed by atoms with Gasteiger partial charge in [0.15, 0.2) is 11.5 Å². The molecule has 0 heterocycles. The number of benzene rings is 3. The van der Waals surface area contributed by atoms with Gasteiger partial charge in [0.05, 0.1) is 12.0 Å². The zero-order valence-electron chi connectivity index (χ0n) is 17.5. The molecule has 0 aromatic heterocycles. The summed E-state index contributed by atoms with van der Waals surface area (Å²) < 4.78 is 35.3. The maximum atomic E-state index is 11.4. The SMILES string of the molecule is COc1ccc(Br)c(CNCCc2ccc(S(N)(=O)=O)cc2)c1OCc1cccc(Cl)c1. The van der Waals surface area contributed by atoms with Crippen molar-refractivity contribution in [1.82, 2.24) is 5.32 Å². The third-order valence-electron chi connectivity index (χ3n) is 4.80. The molecule has 0 radical (unpaired) electrons. The van der Waals surface area contributed by atoms with Crippen LogP contribution in [0.4, 0.5) is 0 Å². The van der Waals surface area contributed by atoms with Crippen molar-refractivity contribution < 1.29 is 17.9 Å². The van der Waals surface area contributed by atoms with Crippen molar-refractivity contribution in [2.24, 2.45) is 5.14 Å². The third-order valence-corrected chi connectivity index (χ3v) is 6.71. The van der Waals surface area contributed by atoms with E-state index in [0.29, 0.717) is 36.2 Å². The molecule has 3 aromatic carbocycles. The Kier molecular flexibility index (Phi) is 8.56. The molecule has 9 heteroatoms. The van der Waals surface area contributed by atoms with Gasteiger partial charge in [-0.25, -0.2) is 13.6 Å². The summed E-state index contributed by atoms with van der Waals surface area (Å²) in [5.74, 6) is 1.30. The average molecular weight is 540 g/mol. The highest BCUT2D eigenvalue weighted by atomic mass is 79.9. The molecule has 0 saturated carbocycles. The summed E-state index contributed by atoms with van der Waals surface area (Å²) in [4.78, 5) is 0.107. The zero-order valence-corrected chi connectivity index (χ0v) is 20.6. The first-order chi connectivity index (χ1) is 15.3. The molecule has 0 aliphatic rings. The predicted molar refractivity (Wildman–Crippen MR) is 130 cm³/mol. The van der Waals surface area contributed by atoms with Gasteiger partial charge in [0.2, 0.25) is 10.0 Å². The van der Waals surface area contributed by atoms with Gasteiger partial charge in [0, 0.05) is 21.6 Å². The zero-order chi connectivity index (χ0) is 23.1. The lowest BCUT2D eigenvalue weighted by molar-refractivity contribution is 0.280. The molecule has 6 nitrogen and oxygen atoms in total. The van der Waals surface area contributed by atoms with Crippen LogP contribution in [-0.2, 0) is 29.6 Å². The van der Waals surface area contributed by atoms with Gasteiger partial charge in [0.25, 0.3) is 0 Å². The third kappa shape index (κ3) is 6.70. The van der Waals surface area contributed by atoms with Crippen molar-refractivity contribution in [3.63, 3.8) is 0 Å². The topological polar surface area (TPSA) is 90.6 Å². The van der Waals surface area contributed by atoms with Crippen molar-refractivity contribution in [2.45, 2.75) is 24.5 Å². The normalized spacial score (nSPS) is 11.4. The average Bonchev–Trinajstić information content (AvgIpc) is 2.76. The standard InChI is InChI=1S/C23H24BrClN2O4S/c1-30-22-10-9-21(24)20(23(22)31-15-17-3-2-4-18(25)13-17)14-27-12-11-16-5-7-19(8-6-16)32(26,28)29/h2-10,13,27H,11-12,14-15H2,1H3,(H2,26,28,29). The van der Waals surface area contributed by atoms with Crippen molar-refractivity contribution in [3.05, 3.63) is 86.8 Å². The van der Waals surface area contributed by atoms with E-state index in [0.717, 1.165) is 27.6 Å². The number of primary sulfonamides is 1. The smallest absolute Gasteiger partial charge is 0.238 e. The first kappa shape index (κ1) is 24.5. The van der Waals surface area contributed by atoms with Crippen molar-refractivity contribution in [2.75, 3.05) is 13.7 Å². The fourth-order valence-corrected chi connectivity index (χ4v) is 4.32. The van der Waals surface area contributed by atoms with Crippen LogP contribution in [0, 0.1) is 0 Å². The minimum absolute atomic E-state index is 0.107. The number of ether oxygens (including phenoxy) is 2. The Morgan fingerprint density at radius 2 is 1.81 bits per heavy atom. The summed E-state index contributed by atoms with van der Waals surface area (Å²) >= 11 is 9.68. The van der Waals surface area contributed by atoms with Crippen LogP contribution < -0.4 is 19.9 Å². The summed E-state index contributed by atoms with van der Waals surface area (Å²) in [6.45, 7) is 1.60. The van der Waals surface area contributed by atoms with E-state index in [2.05, 4.69) is 21.2 Å². The maximum absolute atomic E-state index is 11.4. The molecule has 3 N–H and O–H groups in total. The van der Waals surface area contributed by atoms with Crippen molar-refractivity contribution in [3.8, 4) is 11.5 Å². The van der Waals surface area contributed by atoms with Gasteiger partial charge in [-0.3, -0.25) is 0 Å². The van der Waals surface area contributed by atoms with Gasteiger partial charge in [-0.1, -0.05) is 51.8 Å². The van der Waals surface area contributed by atoms with Gasteiger partial charge >= 0.3 is 0 Å². The molecule has 3 aromatic rings. The van der Waals surface area contributed by atoms with Gasteiger partial charge in [-0.2, -0.15) is 0 Å². The summed E-state index contributed by atoms with van der Waals surface area (Å²) in [5.41, 5.74) is 2.91. The second kappa shape index (κ2) is 11.2. The number of halogens is 2.